The second-order valence-corrected chi connectivity index (χ2v) is 7.00. The zero-order chi connectivity index (χ0) is 19.8. The van der Waals surface area contributed by atoms with Crippen molar-refractivity contribution in [1.82, 2.24) is 14.5 Å². The molecule has 0 spiro atoms. The van der Waals surface area contributed by atoms with Crippen molar-refractivity contribution in [2.24, 2.45) is 5.92 Å². The summed E-state index contributed by atoms with van der Waals surface area (Å²) in [6.07, 6.45) is -3.53. The Bertz CT molecular complexity index is 805. The molecule has 1 aliphatic heterocycles. The highest BCUT2D eigenvalue weighted by molar-refractivity contribution is 5.21. The molecule has 0 fully saturated rings. The molecule has 27 heavy (non-hydrogen) atoms. The van der Waals surface area contributed by atoms with Crippen molar-refractivity contribution in [1.29, 1.82) is 0 Å². The molecule has 9 heteroatoms. The van der Waals surface area contributed by atoms with Gasteiger partial charge in [-0.25, -0.2) is 13.8 Å². The van der Waals surface area contributed by atoms with E-state index in [0.717, 1.165) is 24.4 Å². The molecule has 1 N–H and O–H groups in total. The molecule has 1 aliphatic rings. The molecule has 148 valence electrons. The number of hydrogen-bond acceptors (Lipinski definition) is 3. The van der Waals surface area contributed by atoms with Gasteiger partial charge >= 0.3 is 6.18 Å². The van der Waals surface area contributed by atoms with Crippen LogP contribution in [-0.4, -0.2) is 39.7 Å². The average Bonchev–Trinajstić information content (AvgIpc) is 3.00. The van der Waals surface area contributed by atoms with E-state index in [0.29, 0.717) is 31.8 Å². The number of halogens is 5. The maximum atomic E-state index is 13.7. The number of aromatic nitrogens is 2. The van der Waals surface area contributed by atoms with Gasteiger partial charge in [0.25, 0.3) is 0 Å². The van der Waals surface area contributed by atoms with Crippen LogP contribution in [0.4, 0.5) is 22.0 Å². The Morgan fingerprint density at radius 1 is 1.33 bits per heavy atom. The van der Waals surface area contributed by atoms with Gasteiger partial charge in [0.1, 0.15) is 17.5 Å². The summed E-state index contributed by atoms with van der Waals surface area (Å²) >= 11 is 0. The van der Waals surface area contributed by atoms with Gasteiger partial charge < -0.3 is 14.6 Å². The highest BCUT2D eigenvalue weighted by Gasteiger charge is 2.35. The van der Waals surface area contributed by atoms with E-state index in [2.05, 4.69) is 4.98 Å². The molecule has 0 aliphatic carbocycles. The monoisotopic (exact) mass is 389 g/mol. The van der Waals surface area contributed by atoms with Crippen LogP contribution >= 0.6 is 0 Å². The summed E-state index contributed by atoms with van der Waals surface area (Å²) in [5, 5.41) is 10.2. The molecule has 0 radical (unpaired) electrons. The van der Waals surface area contributed by atoms with Gasteiger partial charge in [0.2, 0.25) is 0 Å². The lowest BCUT2D eigenvalue weighted by molar-refractivity contribution is -0.141. The molecule has 2 aromatic rings. The smallest absolute Gasteiger partial charge is 0.387 e. The molecule has 2 atom stereocenters. The summed E-state index contributed by atoms with van der Waals surface area (Å²) in [5.74, 6) is -0.823. The number of alkyl halides is 3. The van der Waals surface area contributed by atoms with E-state index in [9.17, 15) is 27.1 Å². The van der Waals surface area contributed by atoms with Crippen LogP contribution < -0.4 is 0 Å². The van der Waals surface area contributed by atoms with Crippen LogP contribution in [0.2, 0.25) is 0 Å². The van der Waals surface area contributed by atoms with Crippen molar-refractivity contribution >= 4 is 0 Å². The molecule has 0 bridgehead atoms. The molecule has 0 unspecified atom stereocenters. The van der Waals surface area contributed by atoms with Gasteiger partial charge in [-0.15, -0.1) is 0 Å². The van der Waals surface area contributed by atoms with E-state index in [-0.39, 0.29) is 18.0 Å². The van der Waals surface area contributed by atoms with E-state index in [1.165, 1.54) is 4.57 Å². The van der Waals surface area contributed by atoms with Crippen LogP contribution in [0, 0.1) is 17.6 Å². The Labute approximate surface area is 153 Å². The Morgan fingerprint density at radius 2 is 2.07 bits per heavy atom. The topological polar surface area (TPSA) is 41.3 Å². The van der Waals surface area contributed by atoms with Crippen molar-refractivity contribution in [2.45, 2.75) is 31.7 Å². The summed E-state index contributed by atoms with van der Waals surface area (Å²) in [5.41, 5.74) is -0.999. The minimum atomic E-state index is -4.46. The van der Waals surface area contributed by atoms with Crippen LogP contribution in [0.5, 0.6) is 0 Å². The minimum absolute atomic E-state index is 0.0716. The van der Waals surface area contributed by atoms with E-state index < -0.39 is 29.6 Å². The fourth-order valence-electron chi connectivity index (χ4n) is 3.48. The summed E-state index contributed by atoms with van der Waals surface area (Å²) in [6, 6.07) is 2.91. The third-order valence-corrected chi connectivity index (χ3v) is 4.75. The highest BCUT2D eigenvalue weighted by Crippen LogP contribution is 2.31. The zero-order valence-corrected chi connectivity index (χ0v) is 14.7. The summed E-state index contributed by atoms with van der Waals surface area (Å²) < 4.78 is 66.9. The number of aliphatic hydroxyl groups is 1. The number of nitrogens with zero attached hydrogens (tertiary/aromatic N) is 3. The van der Waals surface area contributed by atoms with Gasteiger partial charge in [0.05, 0.1) is 6.10 Å². The molecular weight excluding hydrogens is 369 g/mol. The maximum absolute atomic E-state index is 13.7. The fraction of sp³-hybridized carbons (Fsp3) is 0.500. The van der Waals surface area contributed by atoms with E-state index in [4.69, 9.17) is 0 Å². The van der Waals surface area contributed by atoms with Gasteiger partial charge in [0.15, 0.2) is 5.69 Å². The third kappa shape index (κ3) is 4.65. The average molecular weight is 389 g/mol. The van der Waals surface area contributed by atoms with Crippen LogP contribution in [-0.2, 0) is 19.1 Å². The Morgan fingerprint density at radius 3 is 2.78 bits per heavy atom. The van der Waals surface area contributed by atoms with Crippen molar-refractivity contribution < 1.29 is 27.1 Å². The first-order chi connectivity index (χ1) is 12.6. The molecule has 0 saturated carbocycles. The number of imidazole rings is 1. The normalized spacial score (nSPS) is 18.6. The number of aryl methyl sites for hydroxylation is 1. The summed E-state index contributed by atoms with van der Waals surface area (Å²) in [7, 11) is 1.73. The summed E-state index contributed by atoms with van der Waals surface area (Å²) in [6.45, 7) is 0.988. The lowest BCUT2D eigenvalue weighted by Gasteiger charge is -2.29. The van der Waals surface area contributed by atoms with Gasteiger partial charge in [-0.05, 0) is 37.6 Å². The predicted octanol–water partition coefficient (Wildman–Crippen LogP) is 3.41. The van der Waals surface area contributed by atoms with Crippen LogP contribution in [0.25, 0.3) is 0 Å². The molecule has 1 aromatic carbocycles. The standard InChI is InChI=1S/C18H20F5N3O/c1-25(9-15(27)13-6-12(19)3-4-14(13)20)7-11-2-5-17-24-16(18(21,22)23)10-26(17)8-11/h3-4,6,10-11,15,27H,2,5,7-9H2,1H3/t11-,15+/m0/s1. The number of aliphatic hydroxyl groups excluding tert-OH is 1. The molecule has 0 saturated heterocycles. The quantitative estimate of drug-likeness (QED) is 0.797. The molecule has 2 heterocycles. The summed E-state index contributed by atoms with van der Waals surface area (Å²) in [4.78, 5) is 5.42. The third-order valence-electron chi connectivity index (χ3n) is 4.75. The van der Waals surface area contributed by atoms with Crippen molar-refractivity contribution in [3.63, 3.8) is 0 Å². The van der Waals surface area contributed by atoms with Crippen LogP contribution in [0.15, 0.2) is 24.4 Å². The molecule has 4 nitrogen and oxygen atoms in total. The number of rotatable bonds is 5. The number of benzene rings is 1. The Hall–Kier alpha value is -2.00. The van der Waals surface area contributed by atoms with Gasteiger partial charge in [-0.3, -0.25) is 0 Å². The van der Waals surface area contributed by atoms with E-state index in [1.807, 2.05) is 0 Å². The Kier molecular flexibility index (Phi) is 5.53. The lowest BCUT2D eigenvalue weighted by atomic mass is 9.98. The second kappa shape index (κ2) is 7.55. The van der Waals surface area contributed by atoms with Gasteiger partial charge in [-0.2, -0.15) is 13.2 Å². The molecular formula is C18H20F5N3O. The zero-order valence-electron chi connectivity index (χ0n) is 14.7. The number of hydrogen-bond donors (Lipinski definition) is 1. The number of likely N-dealkylation sites (N-methyl/N-ethyl adjacent to an activating group) is 1. The van der Waals surface area contributed by atoms with E-state index in [1.54, 1.807) is 11.9 Å². The van der Waals surface area contributed by atoms with Crippen molar-refractivity contribution in [3.8, 4) is 0 Å². The van der Waals surface area contributed by atoms with E-state index >= 15 is 0 Å². The highest BCUT2D eigenvalue weighted by atomic mass is 19.4. The van der Waals surface area contributed by atoms with Crippen molar-refractivity contribution in [3.05, 3.63) is 53.1 Å². The van der Waals surface area contributed by atoms with Gasteiger partial charge in [0, 0.05) is 37.8 Å². The Balaban J connectivity index is 1.59. The minimum Gasteiger partial charge on any atom is -0.387 e. The van der Waals surface area contributed by atoms with Crippen molar-refractivity contribution in [2.75, 3.05) is 20.1 Å². The van der Waals surface area contributed by atoms with Gasteiger partial charge in [-0.1, -0.05) is 0 Å². The van der Waals surface area contributed by atoms with Crippen LogP contribution in [0.3, 0.4) is 0 Å². The lowest BCUT2D eigenvalue weighted by Crippen LogP contribution is -2.34. The first-order valence-electron chi connectivity index (χ1n) is 8.58. The maximum Gasteiger partial charge on any atom is 0.434 e. The molecule has 3 rings (SSSR count). The molecule has 0 amide bonds. The second-order valence-electron chi connectivity index (χ2n) is 7.00. The predicted molar refractivity (Wildman–Crippen MR) is 87.9 cm³/mol. The first kappa shape index (κ1) is 19.8. The largest absolute Gasteiger partial charge is 0.434 e. The number of fused-ring (bicyclic) bond motifs is 1. The first-order valence-corrected chi connectivity index (χ1v) is 8.58. The molecule has 1 aromatic heterocycles. The van der Waals surface area contributed by atoms with Crippen LogP contribution in [0.1, 0.15) is 29.6 Å². The fourth-order valence-corrected chi connectivity index (χ4v) is 3.48. The SMILES string of the molecule is CN(C[C@@H]1CCc2nc(C(F)(F)F)cn2C1)C[C@@H](O)c1cc(F)ccc1F.